The lowest BCUT2D eigenvalue weighted by molar-refractivity contribution is -0.394. The van der Waals surface area contributed by atoms with Crippen LogP contribution in [0.4, 0.5) is 17.1 Å². The molecule has 0 aromatic heterocycles. The summed E-state index contributed by atoms with van der Waals surface area (Å²) >= 11 is 0. The van der Waals surface area contributed by atoms with E-state index in [2.05, 4.69) is 10.5 Å². The van der Waals surface area contributed by atoms with E-state index in [-0.39, 0.29) is 22.6 Å². The first-order chi connectivity index (χ1) is 16.6. The molecule has 1 amide bonds. The smallest absolute Gasteiger partial charge is 0.344 e. The maximum absolute atomic E-state index is 12.4. The Labute approximate surface area is 194 Å². The van der Waals surface area contributed by atoms with Crippen LogP contribution in [0.2, 0.25) is 0 Å². The summed E-state index contributed by atoms with van der Waals surface area (Å²) in [5.41, 5.74) is 0.930. The minimum absolute atomic E-state index is 0.00908. The molecular weight excluding hydrogens is 466 g/mol. The molecule has 0 spiro atoms. The molecule has 0 radical (unpaired) electrons. The molecule has 35 heavy (non-hydrogen) atoms. The summed E-state index contributed by atoms with van der Waals surface area (Å²) in [6.45, 7) is 0. The second kappa shape index (κ2) is 10.4. The van der Waals surface area contributed by atoms with E-state index in [0.29, 0.717) is 5.56 Å². The van der Waals surface area contributed by atoms with Crippen LogP contribution >= 0.6 is 0 Å². The molecule has 14 nitrogen and oxygen atoms in total. The summed E-state index contributed by atoms with van der Waals surface area (Å²) < 4.78 is 5.15. The molecule has 3 aromatic rings. The Morgan fingerprint density at radius 2 is 1.37 bits per heavy atom. The Kier molecular flexibility index (Phi) is 7.16. The maximum atomic E-state index is 12.4. The molecule has 0 aliphatic carbocycles. The van der Waals surface area contributed by atoms with E-state index in [1.54, 1.807) is 6.07 Å². The van der Waals surface area contributed by atoms with Crippen molar-refractivity contribution in [1.29, 1.82) is 0 Å². The lowest BCUT2D eigenvalue weighted by atomic mass is 10.1. The van der Waals surface area contributed by atoms with Crippen LogP contribution in [0.1, 0.15) is 26.3 Å². The first-order valence-electron chi connectivity index (χ1n) is 9.48. The minimum Gasteiger partial charge on any atom is -0.423 e. The zero-order valence-corrected chi connectivity index (χ0v) is 17.4. The van der Waals surface area contributed by atoms with Crippen molar-refractivity contribution in [2.45, 2.75) is 0 Å². The number of benzene rings is 3. The highest BCUT2D eigenvalue weighted by molar-refractivity contribution is 5.95. The molecule has 0 atom stereocenters. The van der Waals surface area contributed by atoms with Crippen molar-refractivity contribution in [3.63, 3.8) is 0 Å². The fourth-order valence-corrected chi connectivity index (χ4v) is 2.71. The van der Waals surface area contributed by atoms with Crippen LogP contribution in [0.15, 0.2) is 71.8 Å². The number of nitro benzene ring substituents is 3. The van der Waals surface area contributed by atoms with Crippen LogP contribution in [0.25, 0.3) is 0 Å². The van der Waals surface area contributed by atoms with Crippen LogP contribution in [0, 0.1) is 30.3 Å². The summed E-state index contributed by atoms with van der Waals surface area (Å²) in [6.07, 6.45) is 1.23. The predicted molar refractivity (Wildman–Crippen MR) is 119 cm³/mol. The average Bonchev–Trinajstić information content (AvgIpc) is 2.83. The van der Waals surface area contributed by atoms with Gasteiger partial charge in [-0.15, -0.1) is 0 Å². The van der Waals surface area contributed by atoms with Crippen LogP contribution in [-0.4, -0.2) is 32.9 Å². The van der Waals surface area contributed by atoms with Crippen LogP contribution in [-0.2, 0) is 0 Å². The number of non-ortho nitro benzene ring substituents is 3. The Hall–Kier alpha value is -5.53. The number of hydrazone groups is 1. The zero-order chi connectivity index (χ0) is 25.5. The molecular formula is C21H13N5O9. The summed E-state index contributed by atoms with van der Waals surface area (Å²) in [5, 5.41) is 36.4. The van der Waals surface area contributed by atoms with Gasteiger partial charge in [0.2, 0.25) is 0 Å². The van der Waals surface area contributed by atoms with Crippen molar-refractivity contribution in [1.82, 2.24) is 5.43 Å². The Morgan fingerprint density at radius 3 is 1.94 bits per heavy atom. The van der Waals surface area contributed by atoms with Gasteiger partial charge in [-0.1, -0.05) is 12.1 Å². The van der Waals surface area contributed by atoms with E-state index in [1.807, 2.05) is 0 Å². The molecule has 0 fully saturated rings. The number of hydrogen-bond donors (Lipinski definition) is 1. The summed E-state index contributed by atoms with van der Waals surface area (Å²) in [7, 11) is 0. The fourth-order valence-electron chi connectivity index (χ4n) is 2.71. The topological polar surface area (TPSA) is 197 Å². The maximum Gasteiger partial charge on any atom is 0.344 e. The Balaban J connectivity index is 1.69. The number of nitrogens with one attached hydrogen (secondary N) is 1. The van der Waals surface area contributed by atoms with Crippen LogP contribution in [0.5, 0.6) is 5.75 Å². The van der Waals surface area contributed by atoms with Gasteiger partial charge >= 0.3 is 5.97 Å². The van der Waals surface area contributed by atoms with Crippen molar-refractivity contribution in [2.75, 3.05) is 0 Å². The van der Waals surface area contributed by atoms with Gasteiger partial charge in [0, 0.05) is 29.8 Å². The third-order valence-electron chi connectivity index (χ3n) is 4.35. The number of carbonyl (C=O) groups is 2. The number of nitrogens with zero attached hydrogens (tertiary/aromatic N) is 4. The second-order valence-corrected chi connectivity index (χ2v) is 6.72. The number of rotatable bonds is 8. The SMILES string of the molecule is O=C(N/N=C/c1cccc(OC(=O)c2cc([N+](=O)[O-])cc([N+](=O)[O-])c2)c1)c1ccc([N+](=O)[O-])cc1. The first-order valence-corrected chi connectivity index (χ1v) is 9.48. The lowest BCUT2D eigenvalue weighted by Crippen LogP contribution is -2.17. The van der Waals surface area contributed by atoms with Crippen molar-refractivity contribution in [3.8, 4) is 5.75 Å². The van der Waals surface area contributed by atoms with Gasteiger partial charge in [-0.05, 0) is 29.8 Å². The van der Waals surface area contributed by atoms with E-state index in [0.717, 1.165) is 18.2 Å². The summed E-state index contributed by atoms with van der Waals surface area (Å²) in [4.78, 5) is 54.8. The number of carbonyl (C=O) groups excluding carboxylic acids is 2. The normalized spacial score (nSPS) is 10.5. The van der Waals surface area contributed by atoms with Crippen molar-refractivity contribution >= 4 is 35.2 Å². The summed E-state index contributed by atoms with van der Waals surface area (Å²) in [5.74, 6) is -1.67. The third-order valence-corrected chi connectivity index (χ3v) is 4.35. The quantitative estimate of drug-likeness (QED) is 0.165. The highest BCUT2D eigenvalue weighted by Gasteiger charge is 2.21. The van der Waals surface area contributed by atoms with E-state index >= 15 is 0 Å². The highest BCUT2D eigenvalue weighted by atomic mass is 16.6. The highest BCUT2D eigenvalue weighted by Crippen LogP contribution is 2.24. The number of ether oxygens (including phenoxy) is 1. The number of esters is 1. The van der Waals surface area contributed by atoms with Gasteiger partial charge in [0.25, 0.3) is 23.0 Å². The molecule has 0 aliphatic heterocycles. The number of hydrogen-bond acceptors (Lipinski definition) is 10. The van der Waals surface area contributed by atoms with Gasteiger partial charge < -0.3 is 4.74 Å². The van der Waals surface area contributed by atoms with Crippen LogP contribution < -0.4 is 10.2 Å². The lowest BCUT2D eigenvalue weighted by Gasteiger charge is -2.05. The molecule has 0 unspecified atom stereocenters. The number of nitro groups is 3. The number of amides is 1. The fraction of sp³-hybridized carbons (Fsp3) is 0. The van der Waals surface area contributed by atoms with Crippen molar-refractivity contribution in [2.24, 2.45) is 5.10 Å². The van der Waals surface area contributed by atoms with Crippen LogP contribution in [0.3, 0.4) is 0 Å². The van der Waals surface area contributed by atoms with Crippen molar-refractivity contribution < 1.29 is 29.1 Å². The molecule has 0 heterocycles. The molecule has 3 rings (SSSR count). The van der Waals surface area contributed by atoms with Gasteiger partial charge in [-0.3, -0.25) is 35.1 Å². The second-order valence-electron chi connectivity index (χ2n) is 6.72. The average molecular weight is 479 g/mol. The first kappa shape index (κ1) is 24.1. The molecule has 0 bridgehead atoms. The Morgan fingerprint density at radius 1 is 0.771 bits per heavy atom. The third kappa shape index (κ3) is 6.26. The van der Waals surface area contributed by atoms with E-state index < -0.39 is 38.0 Å². The van der Waals surface area contributed by atoms with Crippen molar-refractivity contribution in [3.05, 3.63) is 114 Å². The minimum atomic E-state index is -1.06. The Bertz CT molecular complexity index is 1340. The predicted octanol–water partition coefficient (Wildman–Crippen LogP) is 3.39. The van der Waals surface area contributed by atoms with Gasteiger partial charge in [0.05, 0.1) is 32.6 Å². The molecule has 0 saturated heterocycles. The summed E-state index contributed by atoms with van der Waals surface area (Å²) in [6, 6.07) is 13.1. The molecule has 176 valence electrons. The van der Waals surface area contributed by atoms with E-state index in [1.165, 1.54) is 48.7 Å². The van der Waals surface area contributed by atoms with E-state index in [4.69, 9.17) is 4.74 Å². The largest absolute Gasteiger partial charge is 0.423 e. The van der Waals surface area contributed by atoms with E-state index in [9.17, 15) is 39.9 Å². The van der Waals surface area contributed by atoms with Gasteiger partial charge in [-0.25, -0.2) is 10.2 Å². The molecule has 0 saturated carbocycles. The standard InChI is InChI=1S/C21H13N5O9/c27-20(14-4-6-16(7-5-14)24(29)30)23-22-12-13-2-1-3-19(8-13)35-21(28)15-9-17(25(31)32)11-18(10-15)26(33)34/h1-12H,(H,23,27)/b22-12+. The zero-order valence-electron chi connectivity index (χ0n) is 17.4. The molecule has 1 N–H and O–H groups in total. The molecule has 0 aliphatic rings. The molecule has 14 heteroatoms. The van der Waals surface area contributed by atoms with Gasteiger partial charge in [0.1, 0.15) is 5.75 Å². The monoisotopic (exact) mass is 479 g/mol. The van der Waals surface area contributed by atoms with Gasteiger partial charge in [-0.2, -0.15) is 5.10 Å². The molecule has 3 aromatic carbocycles. The van der Waals surface area contributed by atoms with Gasteiger partial charge in [0.15, 0.2) is 0 Å².